The van der Waals surface area contributed by atoms with Gasteiger partial charge in [-0.05, 0) is 31.5 Å². The monoisotopic (exact) mass is 383 g/mol. The molecule has 0 bridgehead atoms. The zero-order valence-corrected chi connectivity index (χ0v) is 15.8. The van der Waals surface area contributed by atoms with Crippen LogP contribution >= 0.6 is 0 Å². The molecule has 1 aliphatic heterocycles. The largest absolute Gasteiger partial charge is 0.493 e. The number of rotatable bonds is 9. The summed E-state index contributed by atoms with van der Waals surface area (Å²) in [5.74, 6) is -2.00. The SMILES string of the molecule is COc1ccccc1OCCCCCCN1CCOCC1.O=C(O)C(=O)O. The van der Waals surface area contributed by atoms with Crippen LogP contribution < -0.4 is 9.47 Å². The maximum absolute atomic E-state index is 9.10. The lowest BCUT2D eigenvalue weighted by Gasteiger charge is -2.26. The van der Waals surface area contributed by atoms with Crippen LogP contribution in [0.15, 0.2) is 24.3 Å². The molecule has 0 unspecified atom stereocenters. The van der Waals surface area contributed by atoms with Crippen LogP contribution in [0.4, 0.5) is 0 Å². The van der Waals surface area contributed by atoms with E-state index in [1.165, 1.54) is 25.8 Å². The van der Waals surface area contributed by atoms with Gasteiger partial charge in [0.15, 0.2) is 11.5 Å². The van der Waals surface area contributed by atoms with Gasteiger partial charge in [-0.3, -0.25) is 4.90 Å². The lowest BCUT2D eigenvalue weighted by Crippen LogP contribution is -2.36. The van der Waals surface area contributed by atoms with Crippen LogP contribution in [0.2, 0.25) is 0 Å². The molecule has 1 saturated heterocycles. The summed E-state index contributed by atoms with van der Waals surface area (Å²) in [7, 11) is 1.67. The van der Waals surface area contributed by atoms with E-state index in [9.17, 15) is 0 Å². The molecule has 0 radical (unpaired) electrons. The van der Waals surface area contributed by atoms with Gasteiger partial charge in [-0.2, -0.15) is 0 Å². The van der Waals surface area contributed by atoms with Crippen molar-refractivity contribution in [2.75, 3.05) is 46.6 Å². The molecule has 0 amide bonds. The van der Waals surface area contributed by atoms with E-state index in [1.54, 1.807) is 7.11 Å². The van der Waals surface area contributed by atoms with Gasteiger partial charge < -0.3 is 24.4 Å². The van der Waals surface area contributed by atoms with Crippen LogP contribution in [0.25, 0.3) is 0 Å². The number of ether oxygens (including phenoxy) is 3. The van der Waals surface area contributed by atoms with Gasteiger partial charge in [-0.15, -0.1) is 0 Å². The number of morpholine rings is 1. The molecular formula is C19H29NO7. The van der Waals surface area contributed by atoms with Crippen molar-refractivity contribution in [3.8, 4) is 11.5 Å². The molecule has 8 nitrogen and oxygen atoms in total. The van der Waals surface area contributed by atoms with Crippen molar-refractivity contribution in [2.24, 2.45) is 0 Å². The summed E-state index contributed by atoms with van der Waals surface area (Å²) >= 11 is 0. The number of unbranched alkanes of at least 4 members (excludes halogenated alkanes) is 3. The topological polar surface area (TPSA) is 106 Å². The fourth-order valence-corrected chi connectivity index (χ4v) is 2.54. The van der Waals surface area contributed by atoms with Gasteiger partial charge in [0.25, 0.3) is 0 Å². The zero-order chi connectivity index (χ0) is 19.9. The number of nitrogens with zero attached hydrogens (tertiary/aromatic N) is 1. The molecule has 1 aliphatic rings. The minimum absolute atomic E-state index is 0.762. The lowest BCUT2D eigenvalue weighted by atomic mass is 10.2. The smallest absolute Gasteiger partial charge is 0.414 e. The molecule has 152 valence electrons. The standard InChI is InChI=1S/C17H27NO3.C2H2O4/c1-19-16-8-4-5-9-17(16)21-13-7-3-2-6-10-18-11-14-20-15-12-18;3-1(4)2(5)6/h4-5,8-9H,2-3,6-7,10-15H2,1H3;(H,3,4)(H,5,6). The summed E-state index contributed by atoms with van der Waals surface area (Å²) in [6, 6.07) is 7.81. The molecule has 1 fully saturated rings. The van der Waals surface area contributed by atoms with E-state index in [1.807, 2.05) is 24.3 Å². The van der Waals surface area contributed by atoms with Crippen molar-refractivity contribution in [1.82, 2.24) is 4.90 Å². The van der Waals surface area contributed by atoms with Crippen LogP contribution in [0.5, 0.6) is 11.5 Å². The van der Waals surface area contributed by atoms with Crippen molar-refractivity contribution in [3.05, 3.63) is 24.3 Å². The Morgan fingerprint density at radius 3 is 2.19 bits per heavy atom. The molecule has 0 saturated carbocycles. The number of methoxy groups -OCH3 is 1. The Hall–Kier alpha value is -2.32. The number of carboxylic acid groups (broad SMARTS) is 2. The van der Waals surface area contributed by atoms with E-state index in [0.717, 1.165) is 50.8 Å². The highest BCUT2D eigenvalue weighted by Crippen LogP contribution is 2.25. The van der Waals surface area contributed by atoms with Crippen LogP contribution in [0, 0.1) is 0 Å². The molecule has 8 heteroatoms. The Balaban J connectivity index is 0.000000527. The van der Waals surface area contributed by atoms with E-state index in [-0.39, 0.29) is 0 Å². The van der Waals surface area contributed by atoms with Crippen LogP contribution in [0.3, 0.4) is 0 Å². The number of aliphatic carboxylic acids is 2. The van der Waals surface area contributed by atoms with Crippen molar-refractivity contribution < 1.29 is 34.0 Å². The molecule has 0 atom stereocenters. The van der Waals surface area contributed by atoms with Gasteiger partial charge in [0, 0.05) is 13.1 Å². The maximum atomic E-state index is 9.10. The number of hydrogen-bond donors (Lipinski definition) is 2. The summed E-state index contributed by atoms with van der Waals surface area (Å²) in [5.41, 5.74) is 0. The molecule has 1 heterocycles. The number of hydrogen-bond acceptors (Lipinski definition) is 6. The molecule has 0 aromatic heterocycles. The number of carbonyl (C=O) groups is 2. The molecular weight excluding hydrogens is 354 g/mol. The second-order valence-corrected chi connectivity index (χ2v) is 5.98. The van der Waals surface area contributed by atoms with Gasteiger partial charge in [0.05, 0.1) is 26.9 Å². The van der Waals surface area contributed by atoms with Gasteiger partial charge in [0.1, 0.15) is 0 Å². The molecule has 27 heavy (non-hydrogen) atoms. The number of para-hydroxylation sites is 2. The summed E-state index contributed by atoms with van der Waals surface area (Å²) in [5, 5.41) is 14.8. The molecule has 1 aromatic carbocycles. The first-order valence-corrected chi connectivity index (χ1v) is 9.06. The first-order valence-electron chi connectivity index (χ1n) is 9.06. The zero-order valence-electron chi connectivity index (χ0n) is 15.8. The Morgan fingerprint density at radius 1 is 1.00 bits per heavy atom. The van der Waals surface area contributed by atoms with E-state index >= 15 is 0 Å². The highest BCUT2D eigenvalue weighted by Gasteiger charge is 2.09. The minimum atomic E-state index is -1.82. The summed E-state index contributed by atoms with van der Waals surface area (Å²) in [4.78, 5) is 20.7. The summed E-state index contributed by atoms with van der Waals surface area (Å²) in [6.07, 6.45) is 4.86. The second kappa shape index (κ2) is 13.8. The number of benzene rings is 1. The first-order chi connectivity index (χ1) is 13.0. The van der Waals surface area contributed by atoms with Crippen molar-refractivity contribution in [2.45, 2.75) is 25.7 Å². The third-order valence-corrected chi connectivity index (χ3v) is 3.98. The van der Waals surface area contributed by atoms with Crippen molar-refractivity contribution in [3.63, 3.8) is 0 Å². The maximum Gasteiger partial charge on any atom is 0.414 e. The normalized spacial score (nSPS) is 14.0. The average molecular weight is 383 g/mol. The third-order valence-electron chi connectivity index (χ3n) is 3.98. The highest BCUT2D eigenvalue weighted by molar-refractivity contribution is 6.27. The van der Waals surface area contributed by atoms with Gasteiger partial charge in [-0.1, -0.05) is 25.0 Å². The average Bonchev–Trinajstić information content (AvgIpc) is 2.68. The Morgan fingerprint density at radius 2 is 1.59 bits per heavy atom. The van der Waals surface area contributed by atoms with E-state index in [2.05, 4.69) is 4.90 Å². The van der Waals surface area contributed by atoms with Gasteiger partial charge >= 0.3 is 11.9 Å². The van der Waals surface area contributed by atoms with Gasteiger partial charge in [0.2, 0.25) is 0 Å². The second-order valence-electron chi connectivity index (χ2n) is 5.98. The van der Waals surface area contributed by atoms with E-state index < -0.39 is 11.9 Å². The Bertz CT molecular complexity index is 547. The van der Waals surface area contributed by atoms with Crippen LogP contribution in [-0.4, -0.2) is 73.6 Å². The molecule has 2 N–H and O–H groups in total. The minimum Gasteiger partial charge on any atom is -0.493 e. The summed E-state index contributed by atoms with van der Waals surface area (Å²) < 4.78 is 16.4. The quantitative estimate of drug-likeness (QED) is 0.493. The lowest BCUT2D eigenvalue weighted by molar-refractivity contribution is -0.159. The molecule has 2 rings (SSSR count). The molecule has 1 aromatic rings. The Kier molecular flexibility index (Phi) is 11.6. The van der Waals surface area contributed by atoms with E-state index in [4.69, 9.17) is 34.0 Å². The molecule has 0 spiro atoms. The predicted molar refractivity (Wildman–Crippen MR) is 99.5 cm³/mol. The van der Waals surface area contributed by atoms with Gasteiger partial charge in [-0.25, -0.2) is 9.59 Å². The number of carboxylic acids is 2. The van der Waals surface area contributed by atoms with Crippen molar-refractivity contribution >= 4 is 11.9 Å². The van der Waals surface area contributed by atoms with Crippen molar-refractivity contribution in [1.29, 1.82) is 0 Å². The van der Waals surface area contributed by atoms with Crippen LogP contribution in [0.1, 0.15) is 25.7 Å². The molecule has 0 aliphatic carbocycles. The summed E-state index contributed by atoms with van der Waals surface area (Å²) in [6.45, 7) is 5.95. The fourth-order valence-electron chi connectivity index (χ4n) is 2.54. The van der Waals surface area contributed by atoms with Crippen LogP contribution in [-0.2, 0) is 14.3 Å². The van der Waals surface area contributed by atoms with E-state index in [0.29, 0.717) is 0 Å². The Labute approximate surface area is 159 Å². The first kappa shape index (κ1) is 22.7. The third kappa shape index (κ3) is 10.4. The highest BCUT2D eigenvalue weighted by atomic mass is 16.5. The fraction of sp³-hybridized carbons (Fsp3) is 0.579. The predicted octanol–water partition coefficient (Wildman–Crippen LogP) is 2.12.